The first kappa shape index (κ1) is 12.0. The number of hydrogen-bond donors (Lipinski definition) is 2. The Bertz CT molecular complexity index is 533. The minimum Gasteiger partial charge on any atom is -0.468 e. The lowest BCUT2D eigenvalue weighted by Gasteiger charge is -2.16. The first-order chi connectivity index (χ1) is 8.65. The van der Waals surface area contributed by atoms with Crippen LogP contribution in [0.4, 0.5) is 0 Å². The van der Waals surface area contributed by atoms with Gasteiger partial charge in [0.2, 0.25) is 0 Å². The first-order valence-electron chi connectivity index (χ1n) is 5.44. The number of methoxy groups -OCH3 is 1. The van der Waals surface area contributed by atoms with Crippen molar-refractivity contribution in [2.45, 2.75) is 28.7 Å². The molecular formula is C10H12N2O5S. The fourth-order valence-electron chi connectivity index (χ4n) is 2.26. The molecule has 1 saturated heterocycles. The van der Waals surface area contributed by atoms with E-state index in [-0.39, 0.29) is 17.9 Å². The van der Waals surface area contributed by atoms with Crippen molar-refractivity contribution in [3.05, 3.63) is 16.4 Å². The number of hydrogen-bond acceptors (Lipinski definition) is 7. The van der Waals surface area contributed by atoms with Gasteiger partial charge in [0.15, 0.2) is 6.23 Å². The number of aliphatic hydroxyl groups is 2. The summed E-state index contributed by atoms with van der Waals surface area (Å²) >= 11 is 1.33. The van der Waals surface area contributed by atoms with Gasteiger partial charge in [-0.1, -0.05) is 11.8 Å². The van der Waals surface area contributed by atoms with Crippen molar-refractivity contribution in [3.8, 4) is 6.01 Å². The van der Waals surface area contributed by atoms with E-state index in [0.29, 0.717) is 5.03 Å². The van der Waals surface area contributed by atoms with Crippen molar-refractivity contribution >= 4 is 11.8 Å². The molecular weight excluding hydrogens is 260 g/mol. The van der Waals surface area contributed by atoms with Crippen LogP contribution in [0.25, 0.3) is 0 Å². The van der Waals surface area contributed by atoms with Crippen molar-refractivity contribution in [2.24, 2.45) is 0 Å². The Morgan fingerprint density at radius 3 is 3.11 bits per heavy atom. The molecule has 0 bridgehead atoms. The van der Waals surface area contributed by atoms with E-state index in [1.165, 1.54) is 24.9 Å². The molecule has 3 rings (SSSR count). The molecule has 1 aromatic heterocycles. The van der Waals surface area contributed by atoms with E-state index >= 15 is 0 Å². The molecule has 3 heterocycles. The van der Waals surface area contributed by atoms with Gasteiger partial charge in [-0.25, -0.2) is 0 Å². The standard InChI is InChI=1S/C10H12N2O5S/c1-16-10-11-5(14)2-6-12(10)9-8(18-6)7(15)4(3-13)17-9/h2,4,7-9,13,15H,3H2,1H3/t4-,7-,8+,9-/m1/s1. The van der Waals surface area contributed by atoms with Crippen LogP contribution in [0.2, 0.25) is 0 Å². The van der Waals surface area contributed by atoms with E-state index in [0.717, 1.165) is 0 Å². The number of rotatable bonds is 2. The summed E-state index contributed by atoms with van der Waals surface area (Å²) in [7, 11) is 1.42. The highest BCUT2D eigenvalue weighted by molar-refractivity contribution is 8.00. The Hall–Kier alpha value is -1.09. The number of thioether (sulfide) groups is 1. The largest absolute Gasteiger partial charge is 0.468 e. The van der Waals surface area contributed by atoms with Crippen LogP contribution in [0.5, 0.6) is 6.01 Å². The summed E-state index contributed by atoms with van der Waals surface area (Å²) in [5, 5.41) is 19.5. The predicted octanol–water partition coefficient (Wildman–Crippen LogP) is -1.02. The zero-order chi connectivity index (χ0) is 12.9. The molecule has 0 aliphatic carbocycles. The maximum absolute atomic E-state index is 11.4. The van der Waals surface area contributed by atoms with Crippen LogP contribution in [0.15, 0.2) is 15.9 Å². The van der Waals surface area contributed by atoms with E-state index in [2.05, 4.69) is 4.98 Å². The highest BCUT2D eigenvalue weighted by atomic mass is 32.2. The molecule has 2 N–H and O–H groups in total. The summed E-state index contributed by atoms with van der Waals surface area (Å²) in [4.78, 5) is 15.1. The van der Waals surface area contributed by atoms with E-state index < -0.39 is 24.0 Å². The normalized spacial score (nSPS) is 33.3. The molecule has 0 amide bonds. The lowest BCUT2D eigenvalue weighted by molar-refractivity contribution is -0.0487. The van der Waals surface area contributed by atoms with Crippen LogP contribution in [0, 0.1) is 0 Å². The van der Waals surface area contributed by atoms with E-state index in [1.807, 2.05) is 0 Å². The summed E-state index contributed by atoms with van der Waals surface area (Å²) in [6.45, 7) is -0.250. The Kier molecular flexibility index (Phi) is 2.81. The zero-order valence-electron chi connectivity index (χ0n) is 9.52. The minimum atomic E-state index is -0.787. The zero-order valence-corrected chi connectivity index (χ0v) is 10.3. The van der Waals surface area contributed by atoms with Gasteiger partial charge in [-0.05, 0) is 0 Å². The smallest absolute Gasteiger partial charge is 0.302 e. The number of ether oxygens (including phenoxy) is 2. The second kappa shape index (κ2) is 4.23. The molecule has 1 aromatic rings. The van der Waals surface area contributed by atoms with Crippen molar-refractivity contribution in [1.82, 2.24) is 9.55 Å². The van der Waals surface area contributed by atoms with Crippen LogP contribution in [-0.4, -0.2) is 50.9 Å². The molecule has 7 nitrogen and oxygen atoms in total. The van der Waals surface area contributed by atoms with Gasteiger partial charge in [0.1, 0.15) is 6.10 Å². The molecule has 0 spiro atoms. The van der Waals surface area contributed by atoms with Crippen LogP contribution >= 0.6 is 11.8 Å². The van der Waals surface area contributed by atoms with Gasteiger partial charge in [0, 0.05) is 6.07 Å². The van der Waals surface area contributed by atoms with Crippen LogP contribution in [-0.2, 0) is 4.74 Å². The number of fused-ring (bicyclic) bond motifs is 3. The molecule has 1 fully saturated rings. The van der Waals surface area contributed by atoms with Gasteiger partial charge < -0.3 is 19.7 Å². The number of aliphatic hydroxyl groups excluding tert-OH is 2. The Balaban J connectivity index is 2.06. The predicted molar refractivity (Wildman–Crippen MR) is 61.7 cm³/mol. The van der Waals surface area contributed by atoms with Gasteiger partial charge >= 0.3 is 6.01 Å². The molecule has 2 aliphatic heterocycles. The molecule has 0 radical (unpaired) electrons. The van der Waals surface area contributed by atoms with Crippen molar-refractivity contribution in [1.29, 1.82) is 0 Å². The van der Waals surface area contributed by atoms with Gasteiger partial charge in [-0.2, -0.15) is 4.98 Å². The highest BCUT2D eigenvalue weighted by Gasteiger charge is 2.50. The topological polar surface area (TPSA) is 93.8 Å². The maximum Gasteiger partial charge on any atom is 0.302 e. The lowest BCUT2D eigenvalue weighted by atomic mass is 10.2. The van der Waals surface area contributed by atoms with Gasteiger partial charge in [-0.15, -0.1) is 0 Å². The molecule has 0 saturated carbocycles. The first-order valence-corrected chi connectivity index (χ1v) is 6.32. The fourth-order valence-corrected chi connectivity index (χ4v) is 3.62. The number of aromatic nitrogens is 2. The third-order valence-corrected chi connectivity index (χ3v) is 4.42. The quantitative estimate of drug-likeness (QED) is 0.665. The highest BCUT2D eigenvalue weighted by Crippen LogP contribution is 2.48. The molecule has 0 aromatic carbocycles. The second-order valence-corrected chi connectivity index (χ2v) is 5.31. The summed E-state index contributed by atoms with van der Waals surface area (Å²) in [5.41, 5.74) is -0.390. The SMILES string of the molecule is COc1nc(=O)cc2n1[C@@H]1O[C@H](CO)[C@@H](O)[C@@H]1S2. The Labute approximate surface area is 106 Å². The third-order valence-electron chi connectivity index (χ3n) is 3.08. The fraction of sp³-hybridized carbons (Fsp3) is 0.600. The van der Waals surface area contributed by atoms with Crippen LogP contribution in [0.3, 0.4) is 0 Å². The minimum absolute atomic E-state index is 0.156. The van der Waals surface area contributed by atoms with Crippen molar-refractivity contribution in [2.75, 3.05) is 13.7 Å². The summed E-state index contributed by atoms with van der Waals surface area (Å²) in [5.74, 6) is 0. The molecule has 2 aliphatic rings. The molecule has 98 valence electrons. The van der Waals surface area contributed by atoms with Crippen molar-refractivity contribution in [3.63, 3.8) is 0 Å². The van der Waals surface area contributed by atoms with Crippen LogP contribution in [0.1, 0.15) is 6.23 Å². The molecule has 0 unspecified atom stereocenters. The average Bonchev–Trinajstić information content (AvgIpc) is 2.85. The molecule has 4 atom stereocenters. The summed E-state index contributed by atoms with van der Waals surface area (Å²) in [6, 6.07) is 1.54. The van der Waals surface area contributed by atoms with Crippen molar-refractivity contribution < 1.29 is 19.7 Å². The van der Waals surface area contributed by atoms with Gasteiger partial charge in [0.25, 0.3) is 5.56 Å². The summed E-state index contributed by atoms with van der Waals surface area (Å²) < 4.78 is 12.3. The Morgan fingerprint density at radius 2 is 2.44 bits per heavy atom. The maximum atomic E-state index is 11.4. The molecule has 18 heavy (non-hydrogen) atoms. The van der Waals surface area contributed by atoms with Gasteiger partial charge in [0.05, 0.1) is 30.1 Å². The number of nitrogens with zero attached hydrogens (tertiary/aromatic N) is 2. The second-order valence-electron chi connectivity index (χ2n) is 4.11. The molecule has 8 heteroatoms. The third kappa shape index (κ3) is 1.57. The Morgan fingerprint density at radius 1 is 1.67 bits per heavy atom. The monoisotopic (exact) mass is 272 g/mol. The lowest BCUT2D eigenvalue weighted by Crippen LogP contribution is -2.30. The van der Waals surface area contributed by atoms with Crippen LogP contribution < -0.4 is 10.3 Å². The van der Waals surface area contributed by atoms with Gasteiger partial charge in [-0.3, -0.25) is 9.36 Å². The van der Waals surface area contributed by atoms with E-state index in [9.17, 15) is 9.90 Å². The van der Waals surface area contributed by atoms with E-state index in [1.54, 1.807) is 4.57 Å². The summed E-state index contributed by atoms with van der Waals surface area (Å²) in [6.07, 6.45) is -1.88. The average molecular weight is 272 g/mol. The van der Waals surface area contributed by atoms with E-state index in [4.69, 9.17) is 14.6 Å².